The summed E-state index contributed by atoms with van der Waals surface area (Å²) in [6.07, 6.45) is 0. The van der Waals surface area contributed by atoms with E-state index in [2.05, 4.69) is 47.6 Å². The van der Waals surface area contributed by atoms with E-state index in [1.165, 1.54) is 5.56 Å². The van der Waals surface area contributed by atoms with Gasteiger partial charge in [-0.05, 0) is 16.4 Å². The van der Waals surface area contributed by atoms with Crippen LogP contribution in [-0.2, 0) is 15.4 Å². The number of phosphoric acid groups is 1. The van der Waals surface area contributed by atoms with Crippen molar-refractivity contribution in [3.05, 3.63) is 29.3 Å². The summed E-state index contributed by atoms with van der Waals surface area (Å²) < 4.78 is 8.88. The van der Waals surface area contributed by atoms with Crippen molar-refractivity contribution in [1.82, 2.24) is 0 Å². The van der Waals surface area contributed by atoms with E-state index in [4.69, 9.17) is 19.2 Å². The fraction of sp³-hybridized carbons (Fsp3) is 0.571. The largest absolute Gasteiger partial charge is 1.00 e. The second-order valence-electron chi connectivity index (χ2n) is 6.72. The quantitative estimate of drug-likeness (QED) is 0.438. The monoisotopic (exact) mass is 326 g/mol. The minimum atomic E-state index is -4.64. The third kappa shape index (κ3) is 10.5. The van der Waals surface area contributed by atoms with Crippen molar-refractivity contribution < 1.29 is 53.9 Å². The predicted molar refractivity (Wildman–Crippen MR) is 77.6 cm³/mol. The Morgan fingerprint density at radius 2 is 1.33 bits per heavy atom. The molecule has 5 nitrogen and oxygen atoms in total. The summed E-state index contributed by atoms with van der Waals surface area (Å²) in [5.74, 6) is 0.149. The molecule has 116 valence electrons. The average Bonchev–Trinajstić information content (AvgIpc) is 2.11. The molecule has 0 atom stereocenters. The van der Waals surface area contributed by atoms with Crippen LogP contribution in [0.25, 0.3) is 0 Å². The standard InChI is InChI=1S/C14H22O.Na.H3O4P/c1-13(2,3)10-7-8-12(15)11(9-10)14(4,5)6;;1-5(2,3)4/h7-9,15H,1-6H3;;(H3,1,2,3,4)/q;+1;/p-1. The molecule has 0 heterocycles. The molecule has 0 aromatic heterocycles. The van der Waals surface area contributed by atoms with Crippen molar-refractivity contribution >= 4 is 7.82 Å². The summed E-state index contributed by atoms with van der Waals surface area (Å²) in [6.45, 7) is 12.7. The maximum atomic E-state index is 11.7. The third-order valence-electron chi connectivity index (χ3n) is 2.65. The van der Waals surface area contributed by atoms with Crippen molar-refractivity contribution in [2.45, 2.75) is 52.4 Å². The van der Waals surface area contributed by atoms with E-state index in [1.807, 2.05) is 6.07 Å². The molecule has 1 aromatic carbocycles. The zero-order valence-electron chi connectivity index (χ0n) is 13.8. The van der Waals surface area contributed by atoms with Gasteiger partial charge in [0.1, 0.15) is 0 Å². The smallest absolute Gasteiger partial charge is 0.872 e. The van der Waals surface area contributed by atoms with Crippen LogP contribution in [0.15, 0.2) is 18.2 Å². The van der Waals surface area contributed by atoms with Crippen LogP contribution < -0.4 is 34.7 Å². The van der Waals surface area contributed by atoms with Gasteiger partial charge in [-0.15, -0.1) is 5.75 Å². The molecule has 0 spiro atoms. The van der Waals surface area contributed by atoms with Gasteiger partial charge in [-0.25, -0.2) is 4.57 Å². The van der Waals surface area contributed by atoms with Gasteiger partial charge in [-0.3, -0.25) is 0 Å². The summed E-state index contributed by atoms with van der Waals surface area (Å²) in [5, 5.41) is 11.7. The van der Waals surface area contributed by atoms with Crippen LogP contribution in [0, 0.1) is 0 Å². The fourth-order valence-corrected chi connectivity index (χ4v) is 1.58. The van der Waals surface area contributed by atoms with E-state index < -0.39 is 7.82 Å². The molecule has 7 heteroatoms. The van der Waals surface area contributed by atoms with Crippen LogP contribution in [0.3, 0.4) is 0 Å². The average molecular weight is 326 g/mol. The first-order valence-corrected chi connectivity index (χ1v) is 7.79. The maximum absolute atomic E-state index is 11.7. The first kappa shape index (κ1) is 23.4. The molecule has 0 bridgehead atoms. The molecule has 1 aromatic rings. The summed E-state index contributed by atoms with van der Waals surface area (Å²) in [4.78, 5) is 21.6. The zero-order chi connectivity index (χ0) is 16.4. The van der Waals surface area contributed by atoms with E-state index in [9.17, 15) is 5.11 Å². The molecule has 0 saturated heterocycles. The Morgan fingerprint density at radius 3 is 1.62 bits per heavy atom. The summed E-state index contributed by atoms with van der Waals surface area (Å²) >= 11 is 0. The molecule has 0 aliphatic heterocycles. The van der Waals surface area contributed by atoms with Gasteiger partial charge in [0.05, 0.1) is 0 Å². The van der Waals surface area contributed by atoms with Crippen LogP contribution in [0.1, 0.15) is 52.7 Å². The van der Waals surface area contributed by atoms with Crippen molar-refractivity contribution in [2.75, 3.05) is 0 Å². The number of rotatable bonds is 0. The molecular weight excluding hydrogens is 302 g/mol. The predicted octanol–water partition coefficient (Wildman–Crippen LogP) is -0.569. The van der Waals surface area contributed by atoms with Crippen LogP contribution in [0.4, 0.5) is 0 Å². The summed E-state index contributed by atoms with van der Waals surface area (Å²) in [7, 11) is -4.64. The Bertz CT molecular complexity index is 489. The van der Waals surface area contributed by atoms with Crippen molar-refractivity contribution in [2.24, 2.45) is 0 Å². The molecule has 0 amide bonds. The molecular formula is C14H24NaO5P. The van der Waals surface area contributed by atoms with E-state index in [0.29, 0.717) is 0 Å². The molecule has 3 N–H and O–H groups in total. The molecule has 0 unspecified atom stereocenters. The third-order valence-corrected chi connectivity index (χ3v) is 2.65. The Labute approximate surface area is 148 Å². The Hall–Kier alpha value is 0.130. The van der Waals surface area contributed by atoms with Crippen molar-refractivity contribution in [3.8, 4) is 5.75 Å². The number of benzene rings is 1. The van der Waals surface area contributed by atoms with Gasteiger partial charge >= 0.3 is 37.4 Å². The van der Waals surface area contributed by atoms with Crippen molar-refractivity contribution in [3.63, 3.8) is 0 Å². The van der Waals surface area contributed by atoms with E-state index in [-0.39, 0.29) is 46.1 Å². The van der Waals surface area contributed by atoms with Gasteiger partial charge < -0.3 is 19.8 Å². The Morgan fingerprint density at radius 1 is 0.952 bits per heavy atom. The second kappa shape index (κ2) is 8.11. The van der Waals surface area contributed by atoms with E-state index in [0.717, 1.165) is 5.56 Å². The molecule has 0 saturated carbocycles. The maximum Gasteiger partial charge on any atom is 1.00 e. The van der Waals surface area contributed by atoms with Crippen LogP contribution in [-0.4, -0.2) is 14.7 Å². The van der Waals surface area contributed by atoms with Gasteiger partial charge in [-0.1, -0.05) is 65.3 Å². The topological polar surface area (TPSA) is 101 Å². The van der Waals surface area contributed by atoms with Crippen LogP contribution in [0.5, 0.6) is 5.75 Å². The van der Waals surface area contributed by atoms with E-state index >= 15 is 0 Å². The van der Waals surface area contributed by atoms with Gasteiger partial charge in [-0.2, -0.15) is 0 Å². The molecule has 21 heavy (non-hydrogen) atoms. The number of hydrogen-bond acceptors (Lipinski definition) is 2. The molecule has 0 radical (unpaired) electrons. The minimum Gasteiger partial charge on any atom is -0.872 e. The summed E-state index contributed by atoms with van der Waals surface area (Å²) in [6, 6.07) is 5.70. The minimum absolute atomic E-state index is 0. The van der Waals surface area contributed by atoms with E-state index in [1.54, 1.807) is 6.07 Å². The van der Waals surface area contributed by atoms with Crippen LogP contribution >= 0.6 is 7.82 Å². The Kier molecular flexibility index (Phi) is 9.04. The fourth-order valence-electron chi connectivity index (χ4n) is 1.58. The molecule has 0 fully saturated rings. The molecule has 0 aliphatic rings. The normalized spacial score (nSPS) is 12.0. The summed E-state index contributed by atoms with van der Waals surface area (Å²) in [5.41, 5.74) is 2.17. The van der Waals surface area contributed by atoms with Crippen molar-refractivity contribution in [1.29, 1.82) is 0 Å². The van der Waals surface area contributed by atoms with Gasteiger partial charge in [0, 0.05) is 0 Å². The number of hydrogen-bond donors (Lipinski definition) is 3. The van der Waals surface area contributed by atoms with Gasteiger partial charge in [0.25, 0.3) is 0 Å². The second-order valence-corrected chi connectivity index (χ2v) is 7.75. The molecule has 0 aliphatic carbocycles. The first-order chi connectivity index (χ1) is 8.62. The first-order valence-electron chi connectivity index (χ1n) is 6.22. The van der Waals surface area contributed by atoms with Gasteiger partial charge in [0.15, 0.2) is 0 Å². The molecule has 1 rings (SSSR count). The van der Waals surface area contributed by atoms with Gasteiger partial charge in [0.2, 0.25) is 0 Å². The van der Waals surface area contributed by atoms with Crippen LogP contribution in [0.2, 0.25) is 0 Å². The zero-order valence-corrected chi connectivity index (χ0v) is 16.7. The Balaban J connectivity index is 0. The SMILES string of the molecule is CC(C)(C)c1ccc([O-])c(C(C)(C)C)c1.O=P(O)(O)O.[Na+].